The monoisotopic (exact) mass is 215 g/mol. The first-order chi connectivity index (χ1) is 6.33. The number of hydrogen-bond donors (Lipinski definition) is 0. The van der Waals surface area contributed by atoms with Gasteiger partial charge in [-0.15, -0.1) is 11.6 Å². The van der Waals surface area contributed by atoms with E-state index in [-0.39, 0.29) is 0 Å². The fourth-order valence-electron chi connectivity index (χ4n) is 1.04. The van der Waals surface area contributed by atoms with Crippen molar-refractivity contribution >= 4 is 23.4 Å². The van der Waals surface area contributed by atoms with Crippen molar-refractivity contribution in [3.8, 4) is 0 Å². The summed E-state index contributed by atoms with van der Waals surface area (Å²) in [6, 6.07) is 2.18. The Labute approximate surface area is 88.9 Å². The van der Waals surface area contributed by atoms with E-state index in [0.29, 0.717) is 0 Å². The lowest BCUT2D eigenvalue weighted by Gasteiger charge is -2.00. The van der Waals surface area contributed by atoms with Gasteiger partial charge in [0.25, 0.3) is 0 Å². The first-order valence-corrected chi connectivity index (χ1v) is 6.06. The number of rotatable bonds is 5. The standard InChI is InChI=1S/C10H14ClNS/c1-9-5-10(7-12-6-9)8-13-4-2-3-11/h5-7H,2-4,8H2,1H3. The molecule has 0 atom stereocenters. The van der Waals surface area contributed by atoms with Crippen molar-refractivity contribution in [3.05, 3.63) is 29.6 Å². The molecular formula is C10H14ClNS. The van der Waals surface area contributed by atoms with Crippen molar-refractivity contribution in [1.29, 1.82) is 0 Å². The number of alkyl halides is 1. The Hall–Kier alpha value is -0.210. The molecule has 0 aromatic carbocycles. The van der Waals surface area contributed by atoms with Crippen molar-refractivity contribution < 1.29 is 0 Å². The summed E-state index contributed by atoms with van der Waals surface area (Å²) in [4.78, 5) is 4.14. The molecule has 72 valence electrons. The Kier molecular flexibility index (Phi) is 5.25. The summed E-state index contributed by atoms with van der Waals surface area (Å²) in [6.07, 6.45) is 4.90. The second kappa shape index (κ2) is 6.28. The van der Waals surface area contributed by atoms with Crippen molar-refractivity contribution in [2.75, 3.05) is 11.6 Å². The zero-order valence-corrected chi connectivity index (χ0v) is 9.37. The maximum absolute atomic E-state index is 5.58. The SMILES string of the molecule is Cc1cncc(CSCCCCl)c1. The predicted molar refractivity (Wildman–Crippen MR) is 60.5 cm³/mol. The molecule has 0 amide bonds. The molecule has 13 heavy (non-hydrogen) atoms. The molecule has 0 saturated heterocycles. The molecule has 0 fully saturated rings. The highest BCUT2D eigenvalue weighted by Crippen LogP contribution is 2.13. The van der Waals surface area contributed by atoms with Crippen LogP contribution in [0.4, 0.5) is 0 Å². The zero-order valence-electron chi connectivity index (χ0n) is 7.79. The van der Waals surface area contributed by atoms with Crippen LogP contribution in [0.2, 0.25) is 0 Å². The third kappa shape index (κ3) is 4.53. The summed E-state index contributed by atoms with van der Waals surface area (Å²) in [5.41, 5.74) is 2.54. The zero-order chi connectivity index (χ0) is 9.52. The molecule has 1 rings (SSSR count). The summed E-state index contributed by atoms with van der Waals surface area (Å²) in [5, 5.41) is 0. The third-order valence-electron chi connectivity index (χ3n) is 1.62. The lowest BCUT2D eigenvalue weighted by Crippen LogP contribution is -1.87. The van der Waals surface area contributed by atoms with Crippen LogP contribution in [0.25, 0.3) is 0 Å². The van der Waals surface area contributed by atoms with Gasteiger partial charge in [0.15, 0.2) is 0 Å². The van der Waals surface area contributed by atoms with Crippen LogP contribution in [0.1, 0.15) is 17.5 Å². The molecule has 0 aliphatic carbocycles. The third-order valence-corrected chi connectivity index (χ3v) is 3.00. The van der Waals surface area contributed by atoms with Gasteiger partial charge in [-0.2, -0.15) is 11.8 Å². The first-order valence-electron chi connectivity index (χ1n) is 4.37. The maximum atomic E-state index is 5.58. The van der Waals surface area contributed by atoms with Gasteiger partial charge < -0.3 is 0 Å². The molecule has 0 radical (unpaired) electrons. The van der Waals surface area contributed by atoms with Gasteiger partial charge in [0, 0.05) is 24.0 Å². The molecule has 1 heterocycles. The fourth-order valence-corrected chi connectivity index (χ4v) is 2.22. The Morgan fingerprint density at radius 1 is 1.46 bits per heavy atom. The number of aryl methyl sites for hydroxylation is 1. The highest BCUT2D eigenvalue weighted by atomic mass is 35.5. The molecule has 0 saturated carbocycles. The van der Waals surface area contributed by atoms with Crippen molar-refractivity contribution in [3.63, 3.8) is 0 Å². The van der Waals surface area contributed by atoms with E-state index in [1.807, 2.05) is 24.2 Å². The molecule has 0 aliphatic rings. The molecule has 0 unspecified atom stereocenters. The molecule has 1 aromatic heterocycles. The maximum Gasteiger partial charge on any atom is 0.0308 e. The van der Waals surface area contributed by atoms with Crippen LogP contribution >= 0.6 is 23.4 Å². The quantitative estimate of drug-likeness (QED) is 0.553. The van der Waals surface area contributed by atoms with Crippen LogP contribution < -0.4 is 0 Å². The van der Waals surface area contributed by atoms with Crippen LogP contribution in [0.3, 0.4) is 0 Å². The second-order valence-electron chi connectivity index (χ2n) is 2.97. The minimum atomic E-state index is 0.763. The number of thioether (sulfide) groups is 1. The van der Waals surface area contributed by atoms with Gasteiger partial charge in [-0.3, -0.25) is 4.98 Å². The number of hydrogen-bond acceptors (Lipinski definition) is 2. The predicted octanol–water partition coefficient (Wildman–Crippen LogP) is 3.25. The Morgan fingerprint density at radius 2 is 2.31 bits per heavy atom. The molecule has 1 nitrogen and oxygen atoms in total. The largest absolute Gasteiger partial charge is 0.264 e. The van der Waals surface area contributed by atoms with Crippen LogP contribution in [0.5, 0.6) is 0 Å². The smallest absolute Gasteiger partial charge is 0.0308 e. The van der Waals surface area contributed by atoms with Crippen molar-refractivity contribution in [2.24, 2.45) is 0 Å². The number of nitrogens with zero attached hydrogens (tertiary/aromatic N) is 1. The average Bonchev–Trinajstić information content (AvgIpc) is 2.13. The van der Waals surface area contributed by atoms with E-state index >= 15 is 0 Å². The van der Waals surface area contributed by atoms with E-state index in [1.54, 1.807) is 0 Å². The summed E-state index contributed by atoms with van der Waals surface area (Å²) >= 11 is 7.50. The average molecular weight is 216 g/mol. The number of aromatic nitrogens is 1. The van der Waals surface area contributed by atoms with E-state index in [1.165, 1.54) is 11.1 Å². The Balaban J connectivity index is 2.28. The van der Waals surface area contributed by atoms with Gasteiger partial charge in [0.1, 0.15) is 0 Å². The lowest BCUT2D eigenvalue weighted by atomic mass is 10.2. The molecule has 3 heteroatoms. The molecule has 0 aliphatic heterocycles. The summed E-state index contributed by atoms with van der Waals surface area (Å²) in [7, 11) is 0. The number of pyridine rings is 1. The molecular weight excluding hydrogens is 202 g/mol. The second-order valence-corrected chi connectivity index (χ2v) is 4.45. The van der Waals surface area contributed by atoms with Crippen molar-refractivity contribution in [2.45, 2.75) is 19.1 Å². The highest BCUT2D eigenvalue weighted by molar-refractivity contribution is 7.98. The van der Waals surface area contributed by atoms with Gasteiger partial charge in [-0.1, -0.05) is 6.07 Å². The minimum Gasteiger partial charge on any atom is -0.264 e. The summed E-state index contributed by atoms with van der Waals surface area (Å²) in [6.45, 7) is 2.07. The van der Waals surface area contributed by atoms with Gasteiger partial charge >= 0.3 is 0 Å². The molecule has 0 spiro atoms. The summed E-state index contributed by atoms with van der Waals surface area (Å²) in [5.74, 6) is 2.95. The highest BCUT2D eigenvalue weighted by Gasteiger charge is 1.94. The topological polar surface area (TPSA) is 12.9 Å². The number of halogens is 1. The van der Waals surface area contributed by atoms with E-state index in [2.05, 4.69) is 18.0 Å². The van der Waals surface area contributed by atoms with E-state index in [0.717, 1.165) is 23.8 Å². The molecule has 1 aromatic rings. The normalized spacial score (nSPS) is 10.3. The van der Waals surface area contributed by atoms with Gasteiger partial charge in [-0.25, -0.2) is 0 Å². The molecule has 0 bridgehead atoms. The first kappa shape index (κ1) is 10.9. The Morgan fingerprint density at radius 3 is 3.00 bits per heavy atom. The van der Waals surface area contributed by atoms with Crippen LogP contribution in [0.15, 0.2) is 18.5 Å². The van der Waals surface area contributed by atoms with E-state index in [4.69, 9.17) is 11.6 Å². The van der Waals surface area contributed by atoms with E-state index in [9.17, 15) is 0 Å². The van der Waals surface area contributed by atoms with Gasteiger partial charge in [-0.05, 0) is 30.2 Å². The summed E-state index contributed by atoms with van der Waals surface area (Å²) < 4.78 is 0. The van der Waals surface area contributed by atoms with Crippen LogP contribution in [-0.4, -0.2) is 16.6 Å². The van der Waals surface area contributed by atoms with Gasteiger partial charge in [0.2, 0.25) is 0 Å². The molecule has 0 N–H and O–H groups in total. The Bertz CT molecular complexity index is 252. The van der Waals surface area contributed by atoms with Crippen LogP contribution in [0, 0.1) is 6.92 Å². The lowest BCUT2D eigenvalue weighted by molar-refractivity contribution is 1.11. The van der Waals surface area contributed by atoms with Crippen molar-refractivity contribution in [1.82, 2.24) is 4.98 Å². The van der Waals surface area contributed by atoms with E-state index < -0.39 is 0 Å². The van der Waals surface area contributed by atoms with Crippen LogP contribution in [-0.2, 0) is 5.75 Å². The van der Waals surface area contributed by atoms with Gasteiger partial charge in [0.05, 0.1) is 0 Å². The fraction of sp³-hybridized carbons (Fsp3) is 0.500. The minimum absolute atomic E-state index is 0.763.